The average Bonchev–Trinajstić information content (AvgIpc) is 2.71. The standard InChI is InChI=1S/C15H6N2O/c16-7-9-5-13-11-3-1-2-4-12(11)15(18)14(13)6-10(9)8-17/h1-6H. The Bertz CT molecular complexity index is 776. The fourth-order valence-electron chi connectivity index (χ4n) is 2.26. The summed E-state index contributed by atoms with van der Waals surface area (Å²) in [5, 5.41) is 18.0. The van der Waals surface area contributed by atoms with E-state index in [4.69, 9.17) is 10.5 Å². The van der Waals surface area contributed by atoms with E-state index in [1.165, 1.54) is 6.07 Å². The van der Waals surface area contributed by atoms with E-state index in [0.717, 1.165) is 11.1 Å². The Morgan fingerprint density at radius 1 is 0.778 bits per heavy atom. The lowest BCUT2D eigenvalue weighted by molar-refractivity contribution is 0.104. The molecule has 0 amide bonds. The molecule has 0 aromatic heterocycles. The molecule has 0 saturated heterocycles. The molecule has 0 fully saturated rings. The molecule has 0 radical (unpaired) electrons. The first-order chi connectivity index (χ1) is 8.76. The zero-order valence-electron chi connectivity index (χ0n) is 9.27. The predicted octanol–water partition coefficient (Wildman–Crippen LogP) is 2.64. The van der Waals surface area contributed by atoms with Gasteiger partial charge < -0.3 is 0 Å². The fourth-order valence-corrected chi connectivity index (χ4v) is 2.26. The molecule has 0 spiro atoms. The molecule has 0 aliphatic heterocycles. The second-order valence-corrected chi connectivity index (χ2v) is 4.04. The van der Waals surface area contributed by atoms with Gasteiger partial charge in [0.05, 0.1) is 11.1 Å². The Balaban J connectivity index is 2.38. The van der Waals surface area contributed by atoms with Crippen molar-refractivity contribution in [3.05, 3.63) is 58.7 Å². The first-order valence-corrected chi connectivity index (χ1v) is 5.38. The zero-order chi connectivity index (χ0) is 12.7. The maximum absolute atomic E-state index is 12.2. The van der Waals surface area contributed by atoms with Crippen molar-refractivity contribution in [2.24, 2.45) is 0 Å². The highest BCUT2D eigenvalue weighted by molar-refractivity contribution is 6.21. The van der Waals surface area contributed by atoms with Crippen LogP contribution in [0.1, 0.15) is 27.0 Å². The smallest absolute Gasteiger partial charge is 0.194 e. The van der Waals surface area contributed by atoms with Gasteiger partial charge in [-0.2, -0.15) is 10.5 Å². The minimum atomic E-state index is -0.0819. The summed E-state index contributed by atoms with van der Waals surface area (Å²) >= 11 is 0. The molecule has 3 heteroatoms. The molecule has 2 aromatic rings. The van der Waals surface area contributed by atoms with E-state index < -0.39 is 0 Å². The largest absolute Gasteiger partial charge is 0.289 e. The van der Waals surface area contributed by atoms with Gasteiger partial charge >= 0.3 is 0 Å². The van der Waals surface area contributed by atoms with Crippen molar-refractivity contribution in [2.45, 2.75) is 0 Å². The third-order valence-corrected chi connectivity index (χ3v) is 3.11. The van der Waals surface area contributed by atoms with Crippen molar-refractivity contribution < 1.29 is 4.79 Å². The first-order valence-electron chi connectivity index (χ1n) is 5.38. The van der Waals surface area contributed by atoms with Crippen LogP contribution < -0.4 is 0 Å². The van der Waals surface area contributed by atoms with Crippen molar-refractivity contribution in [2.75, 3.05) is 0 Å². The summed E-state index contributed by atoms with van der Waals surface area (Å²) in [6.07, 6.45) is 0. The van der Waals surface area contributed by atoms with Gasteiger partial charge in [0, 0.05) is 11.1 Å². The molecular weight excluding hydrogens is 224 g/mol. The van der Waals surface area contributed by atoms with Gasteiger partial charge in [-0.25, -0.2) is 0 Å². The van der Waals surface area contributed by atoms with Gasteiger partial charge in [0.25, 0.3) is 0 Å². The van der Waals surface area contributed by atoms with Gasteiger partial charge in [0.1, 0.15) is 12.1 Å². The number of hydrogen-bond acceptors (Lipinski definition) is 3. The molecule has 0 atom stereocenters. The number of nitriles is 2. The molecule has 0 heterocycles. The van der Waals surface area contributed by atoms with Crippen LogP contribution >= 0.6 is 0 Å². The fraction of sp³-hybridized carbons (Fsp3) is 0. The highest BCUT2D eigenvalue weighted by atomic mass is 16.1. The van der Waals surface area contributed by atoms with E-state index in [1.807, 2.05) is 24.3 Å². The van der Waals surface area contributed by atoms with Crippen molar-refractivity contribution >= 4 is 5.78 Å². The van der Waals surface area contributed by atoms with Crippen LogP contribution in [0.25, 0.3) is 11.1 Å². The van der Waals surface area contributed by atoms with E-state index >= 15 is 0 Å². The summed E-state index contributed by atoms with van der Waals surface area (Å²) in [5.41, 5.74) is 3.26. The maximum Gasteiger partial charge on any atom is 0.194 e. The summed E-state index contributed by atoms with van der Waals surface area (Å²) in [6, 6.07) is 14.3. The Morgan fingerprint density at radius 3 is 1.94 bits per heavy atom. The molecule has 3 nitrogen and oxygen atoms in total. The number of carbonyl (C=O) groups excluding carboxylic acids is 1. The molecule has 0 N–H and O–H groups in total. The van der Waals surface area contributed by atoms with Gasteiger partial charge in [-0.05, 0) is 23.3 Å². The van der Waals surface area contributed by atoms with Crippen LogP contribution in [0.5, 0.6) is 0 Å². The minimum absolute atomic E-state index is 0.0819. The van der Waals surface area contributed by atoms with Crippen molar-refractivity contribution in [3.63, 3.8) is 0 Å². The highest BCUT2D eigenvalue weighted by Crippen LogP contribution is 2.37. The van der Waals surface area contributed by atoms with Crippen LogP contribution in [0, 0.1) is 22.7 Å². The normalized spacial score (nSPS) is 11.3. The number of rotatable bonds is 0. The third kappa shape index (κ3) is 1.19. The maximum atomic E-state index is 12.2. The second kappa shape index (κ2) is 3.55. The van der Waals surface area contributed by atoms with Gasteiger partial charge in [-0.15, -0.1) is 0 Å². The van der Waals surface area contributed by atoms with E-state index in [9.17, 15) is 4.79 Å². The molecule has 0 bridgehead atoms. The minimum Gasteiger partial charge on any atom is -0.289 e. The number of nitrogens with zero attached hydrogens (tertiary/aromatic N) is 2. The van der Waals surface area contributed by atoms with Crippen LogP contribution in [-0.2, 0) is 0 Å². The Morgan fingerprint density at radius 2 is 1.33 bits per heavy atom. The van der Waals surface area contributed by atoms with E-state index in [-0.39, 0.29) is 11.3 Å². The molecule has 1 aliphatic carbocycles. The lowest BCUT2D eigenvalue weighted by atomic mass is 9.99. The molecule has 82 valence electrons. The van der Waals surface area contributed by atoms with Gasteiger partial charge in [-0.3, -0.25) is 4.79 Å². The van der Waals surface area contributed by atoms with Crippen molar-refractivity contribution in [1.29, 1.82) is 10.5 Å². The van der Waals surface area contributed by atoms with E-state index in [2.05, 4.69) is 0 Å². The number of carbonyl (C=O) groups is 1. The summed E-state index contributed by atoms with van der Waals surface area (Å²) in [6.45, 7) is 0. The summed E-state index contributed by atoms with van der Waals surface area (Å²) in [4.78, 5) is 12.2. The van der Waals surface area contributed by atoms with Crippen LogP contribution in [-0.4, -0.2) is 5.78 Å². The summed E-state index contributed by atoms with van der Waals surface area (Å²) in [7, 11) is 0. The topological polar surface area (TPSA) is 64.7 Å². The zero-order valence-corrected chi connectivity index (χ0v) is 9.27. The molecule has 0 unspecified atom stereocenters. The van der Waals surface area contributed by atoms with Gasteiger partial charge in [0.2, 0.25) is 0 Å². The van der Waals surface area contributed by atoms with Crippen molar-refractivity contribution in [1.82, 2.24) is 0 Å². The van der Waals surface area contributed by atoms with E-state index in [0.29, 0.717) is 16.7 Å². The second-order valence-electron chi connectivity index (χ2n) is 4.04. The Labute approximate surface area is 104 Å². The van der Waals surface area contributed by atoms with E-state index in [1.54, 1.807) is 18.2 Å². The van der Waals surface area contributed by atoms with Crippen LogP contribution in [0.2, 0.25) is 0 Å². The van der Waals surface area contributed by atoms with Crippen molar-refractivity contribution in [3.8, 4) is 23.3 Å². The lowest BCUT2D eigenvalue weighted by Gasteiger charge is -2.01. The van der Waals surface area contributed by atoms with Gasteiger partial charge in [-0.1, -0.05) is 24.3 Å². The lowest BCUT2D eigenvalue weighted by Crippen LogP contribution is -1.96. The van der Waals surface area contributed by atoms with Crippen LogP contribution in [0.15, 0.2) is 36.4 Å². The van der Waals surface area contributed by atoms with Crippen LogP contribution in [0.4, 0.5) is 0 Å². The summed E-state index contributed by atoms with van der Waals surface area (Å²) < 4.78 is 0. The Kier molecular flexibility index (Phi) is 2.02. The SMILES string of the molecule is N#Cc1cc2c(cc1C#N)-c1ccccc1C2=O. The summed E-state index contributed by atoms with van der Waals surface area (Å²) in [5.74, 6) is -0.0819. The molecule has 18 heavy (non-hydrogen) atoms. The quantitative estimate of drug-likeness (QED) is 0.596. The molecule has 3 rings (SSSR count). The monoisotopic (exact) mass is 230 g/mol. The van der Waals surface area contributed by atoms with Crippen LogP contribution in [0.3, 0.4) is 0 Å². The number of hydrogen-bond donors (Lipinski definition) is 0. The third-order valence-electron chi connectivity index (χ3n) is 3.11. The number of benzene rings is 2. The van der Waals surface area contributed by atoms with Gasteiger partial charge in [0.15, 0.2) is 5.78 Å². The number of ketones is 1. The molecule has 2 aromatic carbocycles. The number of fused-ring (bicyclic) bond motifs is 3. The molecule has 0 saturated carbocycles. The highest BCUT2D eigenvalue weighted by Gasteiger charge is 2.27. The predicted molar refractivity (Wildman–Crippen MR) is 64.7 cm³/mol. The first kappa shape index (κ1) is 10.3. The average molecular weight is 230 g/mol. The molecular formula is C15H6N2O. The Hall–Kier alpha value is -2.91. The molecule has 1 aliphatic rings.